The lowest BCUT2D eigenvalue weighted by molar-refractivity contribution is -0.148. The molecule has 8 N–H and O–H groups in total. The zero-order valence-corrected chi connectivity index (χ0v) is 43.7. The Morgan fingerprint density at radius 2 is 0.907 bits per heavy atom. The summed E-state index contributed by atoms with van der Waals surface area (Å²) in [5, 5.41) is 49.3. The van der Waals surface area contributed by atoms with Crippen molar-refractivity contribution in [3.63, 3.8) is 0 Å². The molecule has 2 heterocycles. The number of hydrogen-bond donors (Lipinski definition) is 7. The third kappa shape index (κ3) is 16.6. The molecule has 75 heavy (non-hydrogen) atoms. The van der Waals surface area contributed by atoms with E-state index >= 15 is 0 Å². The van der Waals surface area contributed by atoms with Crippen LogP contribution in [0.4, 0.5) is 0 Å². The van der Waals surface area contributed by atoms with E-state index in [9.17, 15) is 34.5 Å². The van der Waals surface area contributed by atoms with Crippen molar-refractivity contribution in [3.8, 4) is 11.4 Å². The fourth-order valence-corrected chi connectivity index (χ4v) is 8.16. The number of rotatable bonds is 17. The Labute approximate surface area is 453 Å². The van der Waals surface area contributed by atoms with Gasteiger partial charge in [0, 0.05) is 13.1 Å². The first-order valence-electron chi connectivity index (χ1n) is 23.4. The van der Waals surface area contributed by atoms with E-state index in [1.165, 1.54) is 4.68 Å². The molecule has 0 aliphatic carbocycles. The van der Waals surface area contributed by atoms with E-state index in [1.54, 1.807) is 61.0 Å². The van der Waals surface area contributed by atoms with Gasteiger partial charge in [-0.05, 0) is 110 Å². The fraction of sp³-hybridized carbons (Fsp3) is 0.179. The molecular formula is C56H54Cl4N8O7. The zero-order chi connectivity index (χ0) is 54.0. The fourth-order valence-electron chi connectivity index (χ4n) is 7.52. The van der Waals surface area contributed by atoms with Crippen molar-refractivity contribution < 1.29 is 34.5 Å². The number of nitrogens with two attached hydrogens (primary N) is 1. The van der Waals surface area contributed by atoms with Crippen molar-refractivity contribution in [1.29, 1.82) is 0 Å². The summed E-state index contributed by atoms with van der Waals surface area (Å²) in [7, 11) is 0. The Morgan fingerprint density at radius 3 is 1.31 bits per heavy atom. The van der Waals surface area contributed by atoms with E-state index in [2.05, 4.69) is 26.1 Å². The summed E-state index contributed by atoms with van der Waals surface area (Å²) >= 11 is 23.4. The highest BCUT2D eigenvalue weighted by Crippen LogP contribution is 2.24. The number of carboxylic acids is 1. The lowest BCUT2D eigenvalue weighted by Gasteiger charge is -2.24. The van der Waals surface area contributed by atoms with Gasteiger partial charge in [0.05, 0.1) is 54.9 Å². The van der Waals surface area contributed by atoms with Crippen molar-refractivity contribution in [2.45, 2.75) is 64.1 Å². The molecule has 2 unspecified atom stereocenters. The lowest BCUT2D eigenvalue weighted by atomic mass is 10.00. The number of aliphatic carboxylic acids is 1. The molecule has 0 spiro atoms. The first-order chi connectivity index (χ1) is 36.0. The van der Waals surface area contributed by atoms with Crippen molar-refractivity contribution in [2.24, 2.45) is 5.73 Å². The molecule has 8 aromatic rings. The molecule has 0 aliphatic rings. The predicted octanol–water partition coefficient (Wildman–Crippen LogP) is 8.93. The Kier molecular flexibility index (Phi) is 21.1. The van der Waals surface area contributed by atoms with Crippen LogP contribution in [0.1, 0.15) is 54.6 Å². The predicted molar refractivity (Wildman–Crippen MR) is 292 cm³/mol. The standard InChI is InChI=1S/C28H26Cl2N4O3.C21H21N3O4.C7H7Cl2N/c1-18-14-25(34(33-18)21-10-6-3-7-11-21)27(36)32-24(16-19-8-4-2-5-9-19)26(35)28(37)31-17-20-12-13-22(29)23(30)15-20;1-14-12-18(24(23-14)16-10-6-3-7-11-16)20(26)22-17(19(25)21(27)28)13-15-8-4-2-5-9-15;8-6-2-1-5(4-10)3-7(6)9/h2-15,24,26,35H,16-17H2,1H3,(H,31,37)(H,32,36);2-12,17,19,25H,13H2,1H3,(H,22,26)(H,27,28);1-3H,4,10H2/t24-,26?;17-,19?;/m00./s1. The van der Waals surface area contributed by atoms with Crippen molar-refractivity contribution >= 4 is 70.1 Å². The van der Waals surface area contributed by atoms with Crippen LogP contribution in [0, 0.1) is 13.8 Å². The Hall–Kier alpha value is -7.34. The van der Waals surface area contributed by atoms with Gasteiger partial charge in [-0.3, -0.25) is 14.4 Å². The number of benzene rings is 6. The lowest BCUT2D eigenvalue weighted by Crippen LogP contribution is -2.51. The van der Waals surface area contributed by atoms with E-state index < -0.39 is 48.0 Å². The average Bonchev–Trinajstić information content (AvgIpc) is 4.02. The molecule has 388 valence electrons. The third-order valence-corrected chi connectivity index (χ3v) is 12.8. The van der Waals surface area contributed by atoms with E-state index in [0.717, 1.165) is 27.9 Å². The van der Waals surface area contributed by atoms with E-state index in [1.807, 2.05) is 127 Å². The monoisotopic (exact) mass is 1090 g/mol. The number of halogens is 4. The molecule has 4 atom stereocenters. The minimum atomic E-state index is -1.74. The number of para-hydroxylation sites is 2. The van der Waals surface area contributed by atoms with Gasteiger partial charge in [0.15, 0.2) is 12.2 Å². The molecule has 0 saturated carbocycles. The summed E-state index contributed by atoms with van der Waals surface area (Å²) in [5.74, 6) is -2.98. The van der Waals surface area contributed by atoms with Crippen LogP contribution >= 0.6 is 46.4 Å². The summed E-state index contributed by atoms with van der Waals surface area (Å²) in [5.41, 5.74) is 12.0. The number of aryl methyl sites for hydroxylation is 2. The largest absolute Gasteiger partial charge is 0.479 e. The number of hydrogen-bond acceptors (Lipinski definition) is 9. The molecule has 0 radical (unpaired) electrons. The van der Waals surface area contributed by atoms with Crippen LogP contribution in [0.5, 0.6) is 0 Å². The molecule has 0 fully saturated rings. The van der Waals surface area contributed by atoms with Gasteiger partial charge in [-0.1, -0.05) is 156 Å². The number of aliphatic hydroxyl groups excluding tert-OH is 2. The van der Waals surface area contributed by atoms with Crippen LogP contribution in [0.25, 0.3) is 11.4 Å². The number of aliphatic hydroxyl groups is 2. The number of carbonyl (C=O) groups excluding carboxylic acids is 3. The van der Waals surface area contributed by atoms with Gasteiger partial charge in [0.1, 0.15) is 11.4 Å². The minimum Gasteiger partial charge on any atom is -0.479 e. The van der Waals surface area contributed by atoms with Gasteiger partial charge < -0.3 is 37.0 Å². The average molecular weight is 1090 g/mol. The number of aromatic nitrogens is 4. The Balaban J connectivity index is 0.000000211. The van der Waals surface area contributed by atoms with Gasteiger partial charge >= 0.3 is 5.97 Å². The van der Waals surface area contributed by atoms with Gasteiger partial charge in [0.2, 0.25) is 0 Å². The van der Waals surface area contributed by atoms with Gasteiger partial charge in [-0.2, -0.15) is 10.2 Å². The summed E-state index contributed by atoms with van der Waals surface area (Å²) in [4.78, 5) is 50.5. The van der Waals surface area contributed by atoms with Crippen LogP contribution < -0.4 is 21.7 Å². The van der Waals surface area contributed by atoms with Crippen LogP contribution in [-0.2, 0) is 35.5 Å². The second-order valence-electron chi connectivity index (χ2n) is 17.0. The van der Waals surface area contributed by atoms with Crippen molar-refractivity contribution in [3.05, 3.63) is 235 Å². The third-order valence-electron chi connectivity index (χ3n) is 11.3. The van der Waals surface area contributed by atoms with Gasteiger partial charge in [0.25, 0.3) is 17.7 Å². The summed E-state index contributed by atoms with van der Waals surface area (Å²) < 4.78 is 3.04. The highest BCUT2D eigenvalue weighted by Gasteiger charge is 2.31. The van der Waals surface area contributed by atoms with Crippen LogP contribution in [0.2, 0.25) is 20.1 Å². The molecular weight excluding hydrogens is 1040 g/mol. The molecule has 19 heteroatoms. The van der Waals surface area contributed by atoms with Crippen LogP contribution in [0.15, 0.2) is 170 Å². The number of amides is 3. The van der Waals surface area contributed by atoms with Crippen molar-refractivity contribution in [1.82, 2.24) is 35.5 Å². The molecule has 0 saturated heterocycles. The molecule has 2 aromatic heterocycles. The topological polar surface area (TPSA) is 227 Å². The molecule has 0 bridgehead atoms. The Morgan fingerprint density at radius 1 is 0.520 bits per heavy atom. The quantitative estimate of drug-likeness (QED) is 0.0458. The molecule has 8 rings (SSSR count). The Bertz CT molecular complexity index is 3160. The van der Waals surface area contributed by atoms with Crippen LogP contribution in [-0.4, -0.2) is 82.9 Å². The maximum atomic E-state index is 13.4. The highest BCUT2D eigenvalue weighted by atomic mass is 35.5. The summed E-state index contributed by atoms with van der Waals surface area (Å²) in [6, 6.07) is 48.6. The molecule has 0 aliphatic heterocycles. The van der Waals surface area contributed by atoms with Crippen molar-refractivity contribution in [2.75, 3.05) is 0 Å². The number of carboxylic acid groups (broad SMARTS) is 1. The van der Waals surface area contributed by atoms with Gasteiger partial charge in [-0.25, -0.2) is 14.2 Å². The van der Waals surface area contributed by atoms with Crippen LogP contribution in [0.3, 0.4) is 0 Å². The molecule has 6 aromatic carbocycles. The SMILES string of the molecule is Cc1cc(C(=O)N[C@@H](Cc2ccccc2)C(O)C(=O)NCc2ccc(Cl)c(Cl)c2)n(-c2ccccc2)n1.Cc1cc(C(=O)N[C@@H](Cc2ccccc2)C(O)C(=O)O)n(-c2ccccc2)n1.NCc1ccc(Cl)c(Cl)c1. The second-order valence-corrected chi connectivity index (χ2v) is 18.7. The molecule has 15 nitrogen and oxygen atoms in total. The highest BCUT2D eigenvalue weighted by molar-refractivity contribution is 6.42. The summed E-state index contributed by atoms with van der Waals surface area (Å²) in [6.45, 7) is 4.20. The molecule has 3 amide bonds. The normalized spacial score (nSPS) is 12.3. The number of nitrogens with zero attached hydrogens (tertiary/aromatic N) is 4. The number of carbonyl (C=O) groups is 4. The zero-order valence-electron chi connectivity index (χ0n) is 40.7. The van der Waals surface area contributed by atoms with Gasteiger partial charge in [-0.15, -0.1) is 0 Å². The number of nitrogens with one attached hydrogen (secondary N) is 3. The van der Waals surface area contributed by atoms with E-state index in [0.29, 0.717) is 49.4 Å². The smallest absolute Gasteiger partial charge is 0.334 e. The first-order valence-corrected chi connectivity index (χ1v) is 24.9. The minimum absolute atomic E-state index is 0.138. The second kappa shape index (κ2) is 27.8. The summed E-state index contributed by atoms with van der Waals surface area (Å²) in [6.07, 6.45) is -2.83. The van der Waals surface area contributed by atoms with E-state index in [4.69, 9.17) is 52.1 Å². The first kappa shape index (κ1) is 56.9. The van der Waals surface area contributed by atoms with E-state index in [-0.39, 0.29) is 25.1 Å². The maximum absolute atomic E-state index is 13.4. The maximum Gasteiger partial charge on any atom is 0.334 e.